The van der Waals surface area contributed by atoms with Gasteiger partial charge in [0.05, 0.1) is 36.7 Å². The number of nitrogens with one attached hydrogen (secondary N) is 1. The molecule has 0 amide bonds. The Labute approximate surface area is 221 Å². The molecule has 7 heteroatoms. The largest absolute Gasteiger partial charge is 0.496 e. The van der Waals surface area contributed by atoms with E-state index in [0.29, 0.717) is 34.9 Å². The summed E-state index contributed by atoms with van der Waals surface area (Å²) in [7, 11) is 3.15. The number of aromatic carboxylic acids is 2. The van der Waals surface area contributed by atoms with Crippen LogP contribution in [-0.2, 0) is 6.42 Å². The van der Waals surface area contributed by atoms with Crippen molar-refractivity contribution in [2.45, 2.75) is 20.3 Å². The van der Waals surface area contributed by atoms with E-state index in [9.17, 15) is 19.8 Å². The van der Waals surface area contributed by atoms with E-state index in [1.807, 2.05) is 68.4 Å². The van der Waals surface area contributed by atoms with Crippen molar-refractivity contribution in [1.29, 1.82) is 0 Å². The van der Waals surface area contributed by atoms with E-state index in [2.05, 4.69) is 5.32 Å². The third-order valence-electron chi connectivity index (χ3n) is 6.37. The number of carbonyl (C=O) groups is 2. The molecule has 194 valence electrons. The third-order valence-corrected chi connectivity index (χ3v) is 6.37. The van der Waals surface area contributed by atoms with Gasteiger partial charge in [0.25, 0.3) is 0 Å². The average Bonchev–Trinajstić information content (AvgIpc) is 2.90. The first kappa shape index (κ1) is 26.3. The SMILES string of the molecule is COc1cc(-c2ccc(Nc3ccc(C)cc3C(=O)O)c(OC)c2)ccc1Cc1ccc(C)cc1C(=O)O. The van der Waals surface area contributed by atoms with Gasteiger partial charge in [0, 0.05) is 6.42 Å². The van der Waals surface area contributed by atoms with Crippen LogP contribution < -0.4 is 14.8 Å². The number of benzene rings is 4. The fraction of sp³-hybridized carbons (Fsp3) is 0.161. The molecule has 4 rings (SSSR count). The normalized spacial score (nSPS) is 10.6. The fourth-order valence-electron chi connectivity index (χ4n) is 4.38. The molecule has 4 aromatic rings. The first-order valence-electron chi connectivity index (χ1n) is 12.0. The number of rotatable bonds is 9. The smallest absolute Gasteiger partial charge is 0.337 e. The van der Waals surface area contributed by atoms with Crippen LogP contribution in [0.4, 0.5) is 11.4 Å². The Bertz CT molecular complexity index is 1410. The molecule has 0 aliphatic carbocycles. The number of ether oxygens (including phenoxy) is 2. The molecule has 0 aliphatic heterocycles. The van der Waals surface area contributed by atoms with Crippen LogP contribution in [0.2, 0.25) is 0 Å². The van der Waals surface area contributed by atoms with Gasteiger partial charge in [0.1, 0.15) is 11.5 Å². The van der Waals surface area contributed by atoms with Gasteiger partial charge < -0.3 is 25.0 Å². The first-order valence-corrected chi connectivity index (χ1v) is 12.0. The van der Waals surface area contributed by atoms with Gasteiger partial charge in [-0.25, -0.2) is 9.59 Å². The van der Waals surface area contributed by atoms with E-state index in [-0.39, 0.29) is 11.1 Å². The minimum atomic E-state index is -1.01. The summed E-state index contributed by atoms with van der Waals surface area (Å²) >= 11 is 0. The number of methoxy groups -OCH3 is 2. The van der Waals surface area contributed by atoms with Crippen LogP contribution in [0.1, 0.15) is 43.0 Å². The maximum absolute atomic E-state index is 11.8. The minimum absolute atomic E-state index is 0.177. The summed E-state index contributed by atoms with van der Waals surface area (Å²) in [4.78, 5) is 23.5. The molecule has 38 heavy (non-hydrogen) atoms. The van der Waals surface area contributed by atoms with E-state index < -0.39 is 11.9 Å². The van der Waals surface area contributed by atoms with Crippen LogP contribution >= 0.6 is 0 Å². The topological polar surface area (TPSA) is 105 Å². The fourth-order valence-corrected chi connectivity index (χ4v) is 4.38. The predicted octanol–water partition coefficient (Wildman–Crippen LogP) is 6.72. The Morgan fingerprint density at radius 2 is 1.18 bits per heavy atom. The van der Waals surface area contributed by atoms with Gasteiger partial charge in [-0.2, -0.15) is 0 Å². The van der Waals surface area contributed by atoms with Gasteiger partial charge in [-0.1, -0.05) is 47.5 Å². The van der Waals surface area contributed by atoms with Gasteiger partial charge in [0.2, 0.25) is 0 Å². The molecule has 0 spiro atoms. The summed E-state index contributed by atoms with van der Waals surface area (Å²) in [6, 6.07) is 22.0. The quantitative estimate of drug-likeness (QED) is 0.229. The summed E-state index contributed by atoms with van der Waals surface area (Å²) in [6.07, 6.45) is 0.417. The molecule has 0 atom stereocenters. The molecule has 0 fully saturated rings. The number of aryl methyl sites for hydroxylation is 2. The summed E-state index contributed by atoms with van der Waals surface area (Å²) < 4.78 is 11.3. The molecular formula is C31H29NO6. The highest BCUT2D eigenvalue weighted by Gasteiger charge is 2.16. The lowest BCUT2D eigenvalue weighted by atomic mass is 9.95. The molecular weight excluding hydrogens is 482 g/mol. The summed E-state index contributed by atoms with van der Waals surface area (Å²) in [5.41, 5.74) is 6.65. The van der Waals surface area contributed by atoms with Crippen LogP contribution in [0.3, 0.4) is 0 Å². The van der Waals surface area contributed by atoms with Crippen molar-refractivity contribution in [2.24, 2.45) is 0 Å². The van der Waals surface area contributed by atoms with Gasteiger partial charge in [-0.3, -0.25) is 0 Å². The molecule has 0 aromatic heterocycles. The summed E-state index contributed by atoms with van der Waals surface area (Å²) in [6.45, 7) is 3.71. The molecule has 4 aromatic carbocycles. The number of carboxylic acids is 2. The zero-order valence-electron chi connectivity index (χ0n) is 21.7. The Morgan fingerprint density at radius 3 is 1.82 bits per heavy atom. The van der Waals surface area contributed by atoms with Gasteiger partial charge >= 0.3 is 11.9 Å². The van der Waals surface area contributed by atoms with Gasteiger partial charge in [0.15, 0.2) is 0 Å². The Kier molecular flexibility index (Phi) is 7.67. The van der Waals surface area contributed by atoms with E-state index in [1.54, 1.807) is 32.4 Å². The second kappa shape index (κ2) is 11.1. The van der Waals surface area contributed by atoms with Crippen molar-refractivity contribution in [2.75, 3.05) is 19.5 Å². The van der Waals surface area contributed by atoms with E-state index in [0.717, 1.165) is 27.8 Å². The molecule has 0 heterocycles. The molecule has 7 nitrogen and oxygen atoms in total. The van der Waals surface area contributed by atoms with Crippen molar-refractivity contribution in [3.63, 3.8) is 0 Å². The number of anilines is 2. The zero-order chi connectivity index (χ0) is 27.4. The average molecular weight is 512 g/mol. The second-order valence-electron chi connectivity index (χ2n) is 9.06. The number of hydrogen-bond donors (Lipinski definition) is 3. The monoisotopic (exact) mass is 511 g/mol. The van der Waals surface area contributed by atoms with Gasteiger partial charge in [-0.05, 0) is 72.5 Å². The van der Waals surface area contributed by atoms with E-state index in [1.165, 1.54) is 0 Å². The lowest BCUT2D eigenvalue weighted by Gasteiger charge is -2.16. The van der Waals surface area contributed by atoms with Crippen LogP contribution in [0, 0.1) is 13.8 Å². The molecule has 0 radical (unpaired) electrons. The second-order valence-corrected chi connectivity index (χ2v) is 9.06. The predicted molar refractivity (Wildman–Crippen MR) is 147 cm³/mol. The van der Waals surface area contributed by atoms with E-state index in [4.69, 9.17) is 9.47 Å². The number of carboxylic acid groups (broad SMARTS) is 2. The molecule has 0 bridgehead atoms. The van der Waals surface area contributed by atoms with Crippen molar-refractivity contribution in [1.82, 2.24) is 0 Å². The van der Waals surface area contributed by atoms with Crippen LogP contribution in [0.25, 0.3) is 11.1 Å². The van der Waals surface area contributed by atoms with Crippen LogP contribution in [0.5, 0.6) is 11.5 Å². The Balaban J connectivity index is 1.65. The van der Waals surface area contributed by atoms with Crippen molar-refractivity contribution in [3.8, 4) is 22.6 Å². The molecule has 0 saturated heterocycles. The van der Waals surface area contributed by atoms with Crippen molar-refractivity contribution >= 4 is 23.3 Å². The highest BCUT2D eigenvalue weighted by molar-refractivity contribution is 5.96. The zero-order valence-corrected chi connectivity index (χ0v) is 21.7. The molecule has 0 unspecified atom stereocenters. The molecule has 0 aliphatic rings. The maximum Gasteiger partial charge on any atom is 0.337 e. The Hall–Kier alpha value is -4.78. The van der Waals surface area contributed by atoms with Crippen LogP contribution in [0.15, 0.2) is 72.8 Å². The van der Waals surface area contributed by atoms with Crippen molar-refractivity contribution in [3.05, 3.63) is 106 Å². The Morgan fingerprint density at radius 1 is 0.658 bits per heavy atom. The lowest BCUT2D eigenvalue weighted by molar-refractivity contribution is 0.0686. The highest BCUT2D eigenvalue weighted by Crippen LogP contribution is 2.36. The third kappa shape index (κ3) is 5.62. The van der Waals surface area contributed by atoms with Crippen LogP contribution in [-0.4, -0.2) is 36.4 Å². The standard InChI is InChI=1S/C31H29NO6/c1-18-5-7-22(24(13-18)30(33)34)15-23-9-8-20(16-28(23)37-3)21-10-12-27(29(17-21)38-4)32-26-11-6-19(2)14-25(26)31(35)36/h5-14,16-17,32H,15H2,1-4H3,(H,33,34)(H,35,36). The lowest BCUT2D eigenvalue weighted by Crippen LogP contribution is -2.05. The van der Waals surface area contributed by atoms with Crippen molar-refractivity contribution < 1.29 is 29.3 Å². The molecule has 0 saturated carbocycles. The summed E-state index contributed by atoms with van der Waals surface area (Å²) in [5.74, 6) is -0.777. The molecule has 3 N–H and O–H groups in total. The first-order chi connectivity index (χ1) is 18.2. The minimum Gasteiger partial charge on any atom is -0.496 e. The maximum atomic E-state index is 11.8. The highest BCUT2D eigenvalue weighted by atomic mass is 16.5. The summed E-state index contributed by atoms with van der Waals surface area (Å²) in [5, 5.41) is 22.4. The van der Waals surface area contributed by atoms with E-state index >= 15 is 0 Å². The number of hydrogen-bond acceptors (Lipinski definition) is 5. The van der Waals surface area contributed by atoms with Gasteiger partial charge in [-0.15, -0.1) is 0 Å².